The molecule has 0 aromatic carbocycles. The van der Waals surface area contributed by atoms with Crippen LogP contribution in [0.25, 0.3) is 0 Å². The topological polar surface area (TPSA) is 18.5 Å². The molecule has 0 aliphatic rings. The van der Waals surface area contributed by atoms with Crippen molar-refractivity contribution in [1.29, 1.82) is 0 Å². The van der Waals surface area contributed by atoms with Crippen LogP contribution >= 0.6 is 0 Å². The van der Waals surface area contributed by atoms with Crippen LogP contribution in [0.1, 0.15) is 13.8 Å². The lowest BCUT2D eigenvalue weighted by Gasteiger charge is -2.06. The summed E-state index contributed by atoms with van der Waals surface area (Å²) in [5.41, 5.74) is 2.00. The van der Waals surface area contributed by atoms with Crippen LogP contribution in [-0.2, 0) is 9.47 Å². The van der Waals surface area contributed by atoms with Gasteiger partial charge in [-0.3, -0.25) is 0 Å². The van der Waals surface area contributed by atoms with Crippen molar-refractivity contribution >= 4 is 0 Å². The summed E-state index contributed by atoms with van der Waals surface area (Å²) in [5.74, 6) is 0. The monoisotopic (exact) mass is 170 g/mol. The van der Waals surface area contributed by atoms with Gasteiger partial charge in [0.2, 0.25) is 0 Å². The molecule has 12 heavy (non-hydrogen) atoms. The highest BCUT2D eigenvalue weighted by Crippen LogP contribution is 1.95. The molecule has 2 heteroatoms. The van der Waals surface area contributed by atoms with Crippen LogP contribution in [0.4, 0.5) is 0 Å². The third-order valence-corrected chi connectivity index (χ3v) is 1.16. The number of rotatable bonds is 7. The summed E-state index contributed by atoms with van der Waals surface area (Å²) in [6, 6.07) is 0. The molecule has 0 N–H and O–H groups in total. The number of hydrogen-bond donors (Lipinski definition) is 0. The Labute approximate surface area is 74.9 Å². The lowest BCUT2D eigenvalue weighted by atomic mass is 10.3. The second-order valence-corrected chi connectivity index (χ2v) is 2.84. The minimum atomic E-state index is 0.562. The van der Waals surface area contributed by atoms with Crippen molar-refractivity contribution in [2.45, 2.75) is 13.8 Å². The maximum Gasteiger partial charge on any atom is 0.0700 e. The quantitative estimate of drug-likeness (QED) is 0.545. The van der Waals surface area contributed by atoms with E-state index in [0.29, 0.717) is 19.8 Å². The van der Waals surface area contributed by atoms with Gasteiger partial charge < -0.3 is 9.47 Å². The number of ether oxygens (including phenoxy) is 2. The van der Waals surface area contributed by atoms with Crippen molar-refractivity contribution in [2.75, 3.05) is 26.4 Å². The molecule has 0 heterocycles. The molecule has 2 nitrogen and oxygen atoms in total. The molecule has 0 amide bonds. The first-order valence-corrected chi connectivity index (χ1v) is 4.13. The van der Waals surface area contributed by atoms with E-state index in [9.17, 15) is 0 Å². The Morgan fingerprint density at radius 3 is 2.17 bits per heavy atom. The van der Waals surface area contributed by atoms with Crippen LogP contribution in [-0.4, -0.2) is 26.4 Å². The highest BCUT2D eigenvalue weighted by atomic mass is 16.5. The summed E-state index contributed by atoms with van der Waals surface area (Å²) in [6.07, 6.45) is 0. The maximum atomic E-state index is 5.27. The van der Waals surface area contributed by atoms with Crippen LogP contribution < -0.4 is 0 Å². The van der Waals surface area contributed by atoms with Crippen LogP contribution in [0.5, 0.6) is 0 Å². The molecule has 0 unspecified atom stereocenters. The Morgan fingerprint density at radius 1 is 1.08 bits per heavy atom. The highest BCUT2D eigenvalue weighted by Gasteiger charge is 1.94. The molecule has 0 saturated heterocycles. The van der Waals surface area contributed by atoms with E-state index in [1.165, 1.54) is 0 Å². The minimum Gasteiger partial charge on any atom is -0.377 e. The van der Waals surface area contributed by atoms with E-state index in [2.05, 4.69) is 13.2 Å². The molecule has 0 bridgehead atoms. The van der Waals surface area contributed by atoms with Crippen LogP contribution in [0, 0.1) is 0 Å². The SMILES string of the molecule is C=C(C)COCC(=C)COCC. The predicted octanol–water partition coefficient (Wildman–Crippen LogP) is 2.17. The van der Waals surface area contributed by atoms with Gasteiger partial charge in [0.15, 0.2) is 0 Å². The summed E-state index contributed by atoms with van der Waals surface area (Å²) < 4.78 is 10.4. The van der Waals surface area contributed by atoms with Crippen molar-refractivity contribution in [3.63, 3.8) is 0 Å². The van der Waals surface area contributed by atoms with E-state index in [1.807, 2.05) is 13.8 Å². The Kier molecular flexibility index (Phi) is 6.72. The van der Waals surface area contributed by atoms with Gasteiger partial charge >= 0.3 is 0 Å². The summed E-state index contributed by atoms with van der Waals surface area (Å²) >= 11 is 0. The van der Waals surface area contributed by atoms with Gasteiger partial charge in [-0.1, -0.05) is 18.7 Å². The summed E-state index contributed by atoms with van der Waals surface area (Å²) in [4.78, 5) is 0. The molecule has 0 aromatic rings. The number of hydrogen-bond acceptors (Lipinski definition) is 2. The zero-order valence-electron chi connectivity index (χ0n) is 8.06. The van der Waals surface area contributed by atoms with Crippen LogP contribution in [0.2, 0.25) is 0 Å². The predicted molar refractivity (Wildman–Crippen MR) is 51.3 cm³/mol. The normalized spacial score (nSPS) is 9.83. The van der Waals surface area contributed by atoms with Gasteiger partial charge in [0.25, 0.3) is 0 Å². The molecule has 70 valence electrons. The van der Waals surface area contributed by atoms with E-state index in [-0.39, 0.29) is 0 Å². The Balaban J connectivity index is 3.25. The van der Waals surface area contributed by atoms with Gasteiger partial charge in [-0.15, -0.1) is 0 Å². The van der Waals surface area contributed by atoms with Crippen molar-refractivity contribution in [3.8, 4) is 0 Å². The molecule has 0 aliphatic carbocycles. The second kappa shape index (κ2) is 7.07. The largest absolute Gasteiger partial charge is 0.377 e. The van der Waals surface area contributed by atoms with E-state index >= 15 is 0 Å². The van der Waals surface area contributed by atoms with Crippen LogP contribution in [0.15, 0.2) is 24.3 Å². The second-order valence-electron chi connectivity index (χ2n) is 2.84. The molecule has 0 rings (SSSR count). The lowest BCUT2D eigenvalue weighted by molar-refractivity contribution is 0.136. The molecular formula is C10H18O2. The first-order valence-electron chi connectivity index (χ1n) is 4.13. The van der Waals surface area contributed by atoms with E-state index < -0.39 is 0 Å². The zero-order chi connectivity index (χ0) is 9.40. The average molecular weight is 170 g/mol. The van der Waals surface area contributed by atoms with Crippen molar-refractivity contribution in [2.24, 2.45) is 0 Å². The minimum absolute atomic E-state index is 0.562. The van der Waals surface area contributed by atoms with Gasteiger partial charge in [-0.05, 0) is 19.4 Å². The highest BCUT2D eigenvalue weighted by molar-refractivity contribution is 4.95. The Morgan fingerprint density at radius 2 is 1.67 bits per heavy atom. The molecule has 0 fully saturated rings. The first kappa shape index (κ1) is 11.4. The maximum absolute atomic E-state index is 5.27. The van der Waals surface area contributed by atoms with E-state index in [1.54, 1.807) is 0 Å². The standard InChI is InChI=1S/C10H18O2/c1-5-11-7-10(4)8-12-6-9(2)3/h2,4-8H2,1,3H3. The fourth-order valence-corrected chi connectivity index (χ4v) is 0.658. The molecule has 0 spiro atoms. The smallest absolute Gasteiger partial charge is 0.0700 e. The molecule has 0 saturated carbocycles. The first-order chi connectivity index (χ1) is 5.66. The fourth-order valence-electron chi connectivity index (χ4n) is 0.658. The van der Waals surface area contributed by atoms with Crippen molar-refractivity contribution < 1.29 is 9.47 Å². The van der Waals surface area contributed by atoms with Gasteiger partial charge in [0.1, 0.15) is 0 Å². The Bertz CT molecular complexity index is 150. The molecule has 0 aliphatic heterocycles. The molecular weight excluding hydrogens is 152 g/mol. The van der Waals surface area contributed by atoms with E-state index in [4.69, 9.17) is 9.47 Å². The van der Waals surface area contributed by atoms with Crippen molar-refractivity contribution in [3.05, 3.63) is 24.3 Å². The van der Waals surface area contributed by atoms with Crippen molar-refractivity contribution in [1.82, 2.24) is 0 Å². The van der Waals surface area contributed by atoms with Crippen LogP contribution in [0.3, 0.4) is 0 Å². The van der Waals surface area contributed by atoms with Gasteiger partial charge in [-0.25, -0.2) is 0 Å². The van der Waals surface area contributed by atoms with Gasteiger partial charge in [-0.2, -0.15) is 0 Å². The Hall–Kier alpha value is -0.600. The molecule has 0 radical (unpaired) electrons. The van der Waals surface area contributed by atoms with Gasteiger partial charge in [0.05, 0.1) is 19.8 Å². The zero-order valence-corrected chi connectivity index (χ0v) is 8.06. The summed E-state index contributed by atoms with van der Waals surface area (Å²) in [6.45, 7) is 13.9. The third-order valence-electron chi connectivity index (χ3n) is 1.16. The summed E-state index contributed by atoms with van der Waals surface area (Å²) in [7, 11) is 0. The average Bonchev–Trinajstić information content (AvgIpc) is 2.00. The van der Waals surface area contributed by atoms with Gasteiger partial charge in [0, 0.05) is 6.61 Å². The molecule has 0 atom stereocenters. The van der Waals surface area contributed by atoms with E-state index in [0.717, 1.165) is 17.8 Å². The third kappa shape index (κ3) is 7.51. The fraction of sp³-hybridized carbons (Fsp3) is 0.600. The summed E-state index contributed by atoms with van der Waals surface area (Å²) in [5, 5.41) is 0. The lowest BCUT2D eigenvalue weighted by Crippen LogP contribution is -2.05. The molecule has 0 aromatic heterocycles.